The largest absolute Gasteiger partial charge is 0.431 e. The molecule has 19 heavy (non-hydrogen) atoms. The standard InChI is InChI=1S/C15H16O3S/c1-15(2)6-11(16)14-10(9-3-4-19-8-9)5-13(17)18-12(14)7-15/h3-4,8,10H,5-7H2,1-2H3/t10-/m0/s1. The summed E-state index contributed by atoms with van der Waals surface area (Å²) in [7, 11) is 0. The smallest absolute Gasteiger partial charge is 0.311 e. The highest BCUT2D eigenvalue weighted by atomic mass is 32.1. The average Bonchev–Trinajstić information content (AvgIpc) is 2.78. The summed E-state index contributed by atoms with van der Waals surface area (Å²) in [6.45, 7) is 4.08. The molecule has 0 saturated heterocycles. The molecule has 4 heteroatoms. The Balaban J connectivity index is 2.07. The minimum absolute atomic E-state index is 0.105. The topological polar surface area (TPSA) is 43.4 Å². The first-order valence-electron chi connectivity index (χ1n) is 6.45. The minimum Gasteiger partial charge on any atom is -0.431 e. The first-order chi connectivity index (χ1) is 8.96. The summed E-state index contributed by atoms with van der Waals surface area (Å²) in [5.41, 5.74) is 1.67. The van der Waals surface area contributed by atoms with E-state index in [9.17, 15) is 9.59 Å². The molecule has 1 atom stereocenters. The van der Waals surface area contributed by atoms with Crippen molar-refractivity contribution >= 4 is 23.1 Å². The van der Waals surface area contributed by atoms with Crippen LogP contribution in [-0.4, -0.2) is 11.8 Å². The number of thiophene rings is 1. The van der Waals surface area contributed by atoms with E-state index in [1.54, 1.807) is 11.3 Å². The van der Waals surface area contributed by atoms with E-state index in [0.717, 1.165) is 11.1 Å². The van der Waals surface area contributed by atoms with Crippen LogP contribution in [0.2, 0.25) is 0 Å². The molecule has 0 radical (unpaired) electrons. The number of carbonyl (C=O) groups excluding carboxylic acids is 2. The molecule has 100 valence electrons. The van der Waals surface area contributed by atoms with Crippen molar-refractivity contribution in [2.45, 2.75) is 39.0 Å². The fourth-order valence-corrected chi connectivity index (χ4v) is 3.68. The van der Waals surface area contributed by atoms with Gasteiger partial charge in [0.15, 0.2) is 5.78 Å². The zero-order valence-corrected chi connectivity index (χ0v) is 11.9. The average molecular weight is 276 g/mol. The van der Waals surface area contributed by atoms with E-state index in [2.05, 4.69) is 0 Å². The van der Waals surface area contributed by atoms with Gasteiger partial charge in [0.25, 0.3) is 0 Å². The molecule has 3 rings (SSSR count). The SMILES string of the molecule is CC1(C)CC(=O)C2=C(C1)OC(=O)C[C@H]2c1ccsc1. The Morgan fingerprint density at radius 3 is 2.79 bits per heavy atom. The van der Waals surface area contributed by atoms with Crippen LogP contribution in [-0.2, 0) is 14.3 Å². The molecule has 0 N–H and O–H groups in total. The molecule has 1 aliphatic carbocycles. The molecule has 1 aromatic rings. The van der Waals surface area contributed by atoms with E-state index in [1.165, 1.54) is 0 Å². The maximum Gasteiger partial charge on any atom is 0.311 e. The van der Waals surface area contributed by atoms with Gasteiger partial charge in [-0.25, -0.2) is 0 Å². The van der Waals surface area contributed by atoms with Crippen LogP contribution in [0.25, 0.3) is 0 Å². The van der Waals surface area contributed by atoms with Gasteiger partial charge in [-0.1, -0.05) is 13.8 Å². The Bertz CT molecular complexity index is 566. The summed E-state index contributed by atoms with van der Waals surface area (Å²) >= 11 is 1.59. The van der Waals surface area contributed by atoms with Crippen LogP contribution in [0.1, 0.15) is 44.6 Å². The van der Waals surface area contributed by atoms with Crippen LogP contribution in [0, 0.1) is 5.41 Å². The van der Waals surface area contributed by atoms with Crippen LogP contribution in [0.15, 0.2) is 28.2 Å². The van der Waals surface area contributed by atoms with Gasteiger partial charge in [0.2, 0.25) is 0 Å². The molecule has 0 amide bonds. The zero-order valence-electron chi connectivity index (χ0n) is 11.1. The predicted octanol–water partition coefficient (Wildman–Crippen LogP) is 3.42. The van der Waals surface area contributed by atoms with Gasteiger partial charge in [0.05, 0.1) is 6.42 Å². The number of ketones is 1. The normalized spacial score (nSPS) is 26.1. The second-order valence-corrected chi connectivity index (χ2v) is 6.85. The van der Waals surface area contributed by atoms with Crippen molar-refractivity contribution in [3.8, 4) is 0 Å². The first-order valence-corrected chi connectivity index (χ1v) is 7.39. The highest BCUT2D eigenvalue weighted by Crippen LogP contribution is 2.46. The van der Waals surface area contributed by atoms with E-state index in [1.807, 2.05) is 30.7 Å². The molecule has 1 aliphatic heterocycles. The Morgan fingerprint density at radius 1 is 1.32 bits per heavy atom. The number of hydrogen-bond acceptors (Lipinski definition) is 4. The second-order valence-electron chi connectivity index (χ2n) is 6.07. The molecule has 0 saturated carbocycles. The van der Waals surface area contributed by atoms with Gasteiger partial charge < -0.3 is 4.74 Å². The molecule has 3 nitrogen and oxygen atoms in total. The summed E-state index contributed by atoms with van der Waals surface area (Å²) in [6, 6.07) is 1.99. The molecule has 0 aromatic carbocycles. The summed E-state index contributed by atoms with van der Waals surface area (Å²) in [5, 5.41) is 3.99. The van der Waals surface area contributed by atoms with Crippen LogP contribution >= 0.6 is 11.3 Å². The van der Waals surface area contributed by atoms with Crippen molar-refractivity contribution in [3.05, 3.63) is 33.7 Å². The Labute approximate surface area is 116 Å². The van der Waals surface area contributed by atoms with Crippen LogP contribution in [0.5, 0.6) is 0 Å². The van der Waals surface area contributed by atoms with Crippen LogP contribution in [0.3, 0.4) is 0 Å². The van der Waals surface area contributed by atoms with Crippen LogP contribution < -0.4 is 0 Å². The lowest BCUT2D eigenvalue weighted by Gasteiger charge is -2.36. The summed E-state index contributed by atoms with van der Waals surface area (Å²) in [4.78, 5) is 24.2. The van der Waals surface area contributed by atoms with Crippen molar-refractivity contribution < 1.29 is 14.3 Å². The molecule has 0 spiro atoms. The molecule has 0 bridgehead atoms. The van der Waals surface area contributed by atoms with E-state index >= 15 is 0 Å². The Morgan fingerprint density at radius 2 is 2.11 bits per heavy atom. The molecule has 0 fully saturated rings. The molecule has 1 aromatic heterocycles. The lowest BCUT2D eigenvalue weighted by Crippen LogP contribution is -2.33. The van der Waals surface area contributed by atoms with Crippen LogP contribution in [0.4, 0.5) is 0 Å². The third kappa shape index (κ3) is 2.25. The van der Waals surface area contributed by atoms with Gasteiger partial charge in [0, 0.05) is 24.3 Å². The lowest BCUT2D eigenvalue weighted by atomic mass is 9.71. The Kier molecular flexibility index (Phi) is 2.86. The maximum absolute atomic E-state index is 12.4. The number of carbonyl (C=O) groups is 2. The van der Waals surface area contributed by atoms with Gasteiger partial charge in [-0.15, -0.1) is 0 Å². The van der Waals surface area contributed by atoms with Gasteiger partial charge in [-0.2, -0.15) is 11.3 Å². The minimum atomic E-state index is -0.222. The maximum atomic E-state index is 12.4. The van der Waals surface area contributed by atoms with E-state index < -0.39 is 0 Å². The van der Waals surface area contributed by atoms with E-state index in [0.29, 0.717) is 18.6 Å². The quantitative estimate of drug-likeness (QED) is 0.738. The zero-order chi connectivity index (χ0) is 13.6. The first kappa shape index (κ1) is 12.6. The molecule has 0 unspecified atom stereocenters. The lowest BCUT2D eigenvalue weighted by molar-refractivity contribution is -0.142. The molecular formula is C15H16O3S. The fourth-order valence-electron chi connectivity index (χ4n) is 2.96. The highest BCUT2D eigenvalue weighted by molar-refractivity contribution is 7.08. The molecular weight excluding hydrogens is 260 g/mol. The third-order valence-corrected chi connectivity index (χ3v) is 4.48. The molecule has 2 heterocycles. The summed E-state index contributed by atoms with van der Waals surface area (Å²) in [5.74, 6) is 0.412. The molecule has 2 aliphatic rings. The number of hydrogen-bond donors (Lipinski definition) is 0. The van der Waals surface area contributed by atoms with Gasteiger partial charge in [0.1, 0.15) is 5.76 Å². The fraction of sp³-hybridized carbons (Fsp3) is 0.467. The van der Waals surface area contributed by atoms with Gasteiger partial charge in [-0.3, -0.25) is 9.59 Å². The number of esters is 1. The van der Waals surface area contributed by atoms with Crippen molar-refractivity contribution in [2.75, 3.05) is 0 Å². The predicted molar refractivity (Wildman–Crippen MR) is 72.8 cm³/mol. The third-order valence-electron chi connectivity index (χ3n) is 3.78. The number of allylic oxidation sites excluding steroid dienone is 2. The van der Waals surface area contributed by atoms with Gasteiger partial charge in [-0.05, 0) is 27.8 Å². The van der Waals surface area contributed by atoms with Crippen molar-refractivity contribution in [1.82, 2.24) is 0 Å². The number of Topliss-reactive ketones (excluding diaryl/α,β-unsaturated/α-hetero) is 1. The monoisotopic (exact) mass is 276 g/mol. The van der Waals surface area contributed by atoms with E-state index in [-0.39, 0.29) is 29.5 Å². The highest BCUT2D eigenvalue weighted by Gasteiger charge is 2.42. The number of ether oxygens (including phenoxy) is 1. The van der Waals surface area contributed by atoms with E-state index in [4.69, 9.17) is 4.74 Å². The summed E-state index contributed by atoms with van der Waals surface area (Å²) in [6.07, 6.45) is 1.48. The Hall–Kier alpha value is -1.42. The second kappa shape index (κ2) is 4.30. The number of rotatable bonds is 1. The van der Waals surface area contributed by atoms with Gasteiger partial charge >= 0.3 is 5.97 Å². The van der Waals surface area contributed by atoms with Crippen molar-refractivity contribution in [2.24, 2.45) is 5.41 Å². The van der Waals surface area contributed by atoms with Crippen molar-refractivity contribution in [3.63, 3.8) is 0 Å². The summed E-state index contributed by atoms with van der Waals surface area (Å²) < 4.78 is 5.35. The van der Waals surface area contributed by atoms with Crippen molar-refractivity contribution in [1.29, 1.82) is 0 Å².